The van der Waals surface area contributed by atoms with Crippen LogP contribution >= 0.6 is 0 Å². The van der Waals surface area contributed by atoms with Crippen molar-refractivity contribution >= 4 is 12.1 Å². The summed E-state index contributed by atoms with van der Waals surface area (Å²) < 4.78 is 0. The second-order valence-corrected chi connectivity index (χ2v) is 8.65. The summed E-state index contributed by atoms with van der Waals surface area (Å²) >= 11 is 0. The lowest BCUT2D eigenvalue weighted by molar-refractivity contribution is 0.110. The highest BCUT2D eigenvalue weighted by Gasteiger charge is 2.52. The fraction of sp³-hybridized carbons (Fsp3) is 0.550. The van der Waals surface area contributed by atoms with Crippen molar-refractivity contribution in [2.45, 2.75) is 65.1 Å². The molecule has 2 amide bonds. The van der Waals surface area contributed by atoms with Gasteiger partial charge in [0.1, 0.15) is 0 Å². The standard InChI is InChI=1S/C20H30N2O/c1-18(2,3)21-15-20(7,22(17(21)23)19(4,5)6)14-13-16-11-9-8-10-12-16/h8-14H,15H2,1-7H3/b14-13+. The fourth-order valence-electron chi connectivity index (χ4n) is 3.34. The first kappa shape index (κ1) is 17.6. The van der Waals surface area contributed by atoms with E-state index in [9.17, 15) is 4.79 Å². The molecule has 1 unspecified atom stereocenters. The van der Waals surface area contributed by atoms with Crippen LogP contribution in [-0.2, 0) is 0 Å². The van der Waals surface area contributed by atoms with Gasteiger partial charge >= 0.3 is 6.03 Å². The zero-order valence-corrected chi connectivity index (χ0v) is 15.6. The Hall–Kier alpha value is -1.77. The summed E-state index contributed by atoms with van der Waals surface area (Å²) in [5.41, 5.74) is 0.425. The van der Waals surface area contributed by atoms with Gasteiger partial charge in [-0.05, 0) is 54.0 Å². The Morgan fingerprint density at radius 2 is 1.57 bits per heavy atom. The molecule has 0 N–H and O–H groups in total. The molecule has 0 spiro atoms. The summed E-state index contributed by atoms with van der Waals surface area (Å²) in [6, 6.07) is 10.4. The Balaban J connectivity index is 2.40. The van der Waals surface area contributed by atoms with Crippen molar-refractivity contribution in [2.24, 2.45) is 0 Å². The maximum Gasteiger partial charge on any atom is 0.321 e. The third-order valence-corrected chi connectivity index (χ3v) is 4.33. The van der Waals surface area contributed by atoms with Crippen LogP contribution in [0.4, 0.5) is 4.79 Å². The molecule has 1 aromatic rings. The first-order valence-corrected chi connectivity index (χ1v) is 8.31. The van der Waals surface area contributed by atoms with Gasteiger partial charge in [0.2, 0.25) is 0 Å². The second-order valence-electron chi connectivity index (χ2n) is 8.65. The van der Waals surface area contributed by atoms with E-state index in [0.717, 1.165) is 5.56 Å². The topological polar surface area (TPSA) is 23.6 Å². The lowest BCUT2D eigenvalue weighted by Crippen LogP contribution is -2.54. The summed E-state index contributed by atoms with van der Waals surface area (Å²) in [6.07, 6.45) is 4.30. The average Bonchev–Trinajstić information content (AvgIpc) is 2.69. The van der Waals surface area contributed by atoms with Gasteiger partial charge < -0.3 is 9.80 Å². The highest BCUT2D eigenvalue weighted by molar-refractivity contribution is 5.80. The molecule has 0 saturated carbocycles. The predicted molar refractivity (Wildman–Crippen MR) is 97.3 cm³/mol. The van der Waals surface area contributed by atoms with Crippen LogP contribution in [0, 0.1) is 0 Å². The molecule has 1 heterocycles. The predicted octanol–water partition coefficient (Wildman–Crippen LogP) is 4.79. The lowest BCUT2D eigenvalue weighted by atomic mass is 9.93. The zero-order valence-electron chi connectivity index (χ0n) is 15.6. The molecule has 126 valence electrons. The summed E-state index contributed by atoms with van der Waals surface area (Å²) in [7, 11) is 0. The quantitative estimate of drug-likeness (QED) is 0.769. The number of rotatable bonds is 2. The van der Waals surface area contributed by atoms with Crippen LogP contribution in [0.25, 0.3) is 6.08 Å². The van der Waals surface area contributed by atoms with E-state index < -0.39 is 0 Å². The molecule has 1 atom stereocenters. The molecular formula is C20H30N2O. The Kier molecular flexibility index (Phi) is 4.36. The third-order valence-electron chi connectivity index (χ3n) is 4.33. The molecule has 1 aliphatic heterocycles. The van der Waals surface area contributed by atoms with E-state index in [1.165, 1.54) is 0 Å². The zero-order chi connectivity index (χ0) is 17.5. The fourth-order valence-corrected chi connectivity index (χ4v) is 3.34. The van der Waals surface area contributed by atoms with Crippen molar-refractivity contribution in [3.63, 3.8) is 0 Å². The van der Waals surface area contributed by atoms with Crippen LogP contribution in [0.1, 0.15) is 54.0 Å². The van der Waals surface area contributed by atoms with Crippen molar-refractivity contribution in [3.05, 3.63) is 42.0 Å². The highest BCUT2D eigenvalue weighted by atomic mass is 16.2. The van der Waals surface area contributed by atoms with Gasteiger partial charge in [-0.25, -0.2) is 4.79 Å². The van der Waals surface area contributed by atoms with E-state index in [1.54, 1.807) is 0 Å². The number of amides is 2. The summed E-state index contributed by atoms with van der Waals surface area (Å²) in [6.45, 7) is 15.5. The van der Waals surface area contributed by atoms with Crippen molar-refractivity contribution < 1.29 is 4.79 Å². The number of urea groups is 1. The van der Waals surface area contributed by atoms with Crippen molar-refractivity contribution in [2.75, 3.05) is 6.54 Å². The van der Waals surface area contributed by atoms with E-state index in [-0.39, 0.29) is 22.6 Å². The summed E-state index contributed by atoms with van der Waals surface area (Å²) in [4.78, 5) is 17.0. The van der Waals surface area contributed by atoms with Gasteiger partial charge in [0.25, 0.3) is 0 Å². The molecule has 23 heavy (non-hydrogen) atoms. The van der Waals surface area contributed by atoms with Gasteiger partial charge in [0.15, 0.2) is 0 Å². The van der Waals surface area contributed by atoms with Gasteiger partial charge in [-0.3, -0.25) is 0 Å². The molecule has 0 bridgehead atoms. The number of benzene rings is 1. The number of carbonyl (C=O) groups is 1. The summed E-state index contributed by atoms with van der Waals surface area (Å²) in [5.74, 6) is 0. The van der Waals surface area contributed by atoms with Crippen LogP contribution < -0.4 is 0 Å². The molecule has 0 aliphatic carbocycles. The number of carbonyl (C=O) groups excluding carboxylic acids is 1. The first-order chi connectivity index (χ1) is 10.5. The van der Waals surface area contributed by atoms with Crippen molar-refractivity contribution in [1.82, 2.24) is 9.80 Å². The molecule has 0 radical (unpaired) electrons. The van der Waals surface area contributed by atoms with Crippen LogP contribution in [0.15, 0.2) is 36.4 Å². The maximum atomic E-state index is 13.0. The molecule has 3 nitrogen and oxygen atoms in total. The molecule has 1 fully saturated rings. The molecule has 1 aromatic carbocycles. The molecule has 1 saturated heterocycles. The van der Waals surface area contributed by atoms with E-state index in [2.05, 4.69) is 72.8 Å². The van der Waals surface area contributed by atoms with Gasteiger partial charge in [-0.1, -0.05) is 42.5 Å². The third kappa shape index (κ3) is 3.60. The van der Waals surface area contributed by atoms with Crippen LogP contribution in [0.5, 0.6) is 0 Å². The monoisotopic (exact) mass is 314 g/mol. The van der Waals surface area contributed by atoms with Crippen LogP contribution in [0.2, 0.25) is 0 Å². The number of hydrogen-bond acceptors (Lipinski definition) is 1. The van der Waals surface area contributed by atoms with Crippen molar-refractivity contribution in [3.8, 4) is 0 Å². The molecule has 2 rings (SSSR count). The van der Waals surface area contributed by atoms with E-state index in [1.807, 2.05) is 28.0 Å². The number of hydrogen-bond donors (Lipinski definition) is 0. The molecule has 0 aromatic heterocycles. The Labute approximate surface area is 141 Å². The minimum atomic E-state index is -0.321. The summed E-state index contributed by atoms with van der Waals surface area (Å²) in [5, 5.41) is 0. The van der Waals surface area contributed by atoms with E-state index >= 15 is 0 Å². The normalized spacial score (nSPS) is 23.2. The van der Waals surface area contributed by atoms with Crippen LogP contribution in [-0.4, -0.2) is 39.0 Å². The van der Waals surface area contributed by atoms with Gasteiger partial charge in [-0.2, -0.15) is 0 Å². The first-order valence-electron chi connectivity index (χ1n) is 8.31. The van der Waals surface area contributed by atoms with Gasteiger partial charge in [-0.15, -0.1) is 0 Å². The van der Waals surface area contributed by atoms with Crippen LogP contribution in [0.3, 0.4) is 0 Å². The molecule has 3 heteroatoms. The largest absolute Gasteiger partial charge is 0.321 e. The molecule has 1 aliphatic rings. The second kappa shape index (κ2) is 5.70. The smallest absolute Gasteiger partial charge is 0.317 e. The minimum absolute atomic E-state index is 0.116. The van der Waals surface area contributed by atoms with Crippen molar-refractivity contribution in [1.29, 1.82) is 0 Å². The number of nitrogens with zero attached hydrogens (tertiary/aromatic N) is 2. The highest BCUT2D eigenvalue weighted by Crippen LogP contribution is 2.38. The molecular weight excluding hydrogens is 284 g/mol. The Morgan fingerprint density at radius 3 is 2.04 bits per heavy atom. The van der Waals surface area contributed by atoms with Gasteiger partial charge in [0, 0.05) is 17.6 Å². The lowest BCUT2D eigenvalue weighted by Gasteiger charge is -2.41. The maximum absolute atomic E-state index is 13.0. The SMILES string of the molecule is CC(C)(C)N1CC(C)(/C=C/c2ccccc2)N(C(C)(C)C)C1=O. The average molecular weight is 314 g/mol. The minimum Gasteiger partial charge on any atom is -0.317 e. The van der Waals surface area contributed by atoms with E-state index in [0.29, 0.717) is 6.54 Å². The van der Waals surface area contributed by atoms with E-state index in [4.69, 9.17) is 0 Å². The Bertz CT molecular complexity index is 592. The Morgan fingerprint density at radius 1 is 1.00 bits per heavy atom. The van der Waals surface area contributed by atoms with Gasteiger partial charge in [0.05, 0.1) is 5.54 Å².